The van der Waals surface area contributed by atoms with E-state index in [1.54, 1.807) is 0 Å². The highest BCUT2D eigenvalue weighted by molar-refractivity contribution is 5.87. The van der Waals surface area contributed by atoms with Crippen LogP contribution in [0.3, 0.4) is 0 Å². The second-order valence-electron chi connectivity index (χ2n) is 4.10. The molecule has 2 unspecified atom stereocenters. The Hall–Kier alpha value is -1.41. The van der Waals surface area contributed by atoms with Gasteiger partial charge in [0.1, 0.15) is 5.78 Å². The second kappa shape index (κ2) is 3.31. The first-order chi connectivity index (χ1) is 7.33. The lowest BCUT2D eigenvalue weighted by Crippen LogP contribution is -2.26. The zero-order valence-corrected chi connectivity index (χ0v) is 8.35. The Kier molecular flexibility index (Phi) is 1.96. The molecule has 2 atom stereocenters. The second-order valence-corrected chi connectivity index (χ2v) is 4.10. The van der Waals surface area contributed by atoms with Crippen molar-refractivity contribution in [2.75, 3.05) is 0 Å². The van der Waals surface area contributed by atoms with Crippen LogP contribution in [-0.4, -0.2) is 18.0 Å². The van der Waals surface area contributed by atoms with Crippen LogP contribution in [0.25, 0.3) is 5.57 Å². The number of hydrogen-bond acceptors (Lipinski definition) is 2. The number of ether oxygens (including phenoxy) is 1. The van der Waals surface area contributed by atoms with Gasteiger partial charge in [-0.3, -0.25) is 4.79 Å². The van der Waals surface area contributed by atoms with Crippen molar-refractivity contribution in [2.24, 2.45) is 0 Å². The van der Waals surface area contributed by atoms with Crippen molar-refractivity contribution in [1.29, 1.82) is 0 Å². The summed E-state index contributed by atoms with van der Waals surface area (Å²) >= 11 is 0. The van der Waals surface area contributed by atoms with Gasteiger partial charge in [0, 0.05) is 12.8 Å². The van der Waals surface area contributed by atoms with E-state index in [2.05, 4.69) is 18.2 Å². The fourth-order valence-corrected chi connectivity index (χ4v) is 2.32. The maximum Gasteiger partial charge on any atom is 0.138 e. The molecule has 0 aromatic heterocycles. The van der Waals surface area contributed by atoms with Crippen LogP contribution < -0.4 is 0 Å². The van der Waals surface area contributed by atoms with Gasteiger partial charge in [-0.2, -0.15) is 0 Å². The normalized spacial score (nSPS) is 29.1. The maximum atomic E-state index is 11.4. The molecule has 0 saturated carbocycles. The van der Waals surface area contributed by atoms with E-state index in [0.29, 0.717) is 18.6 Å². The topological polar surface area (TPSA) is 26.3 Å². The number of carbonyl (C=O) groups is 1. The summed E-state index contributed by atoms with van der Waals surface area (Å²) in [5.74, 6) is 0.318. The summed E-state index contributed by atoms with van der Waals surface area (Å²) in [6, 6.07) is 10.2. The Morgan fingerprint density at radius 1 is 1.13 bits per heavy atom. The average molecular weight is 200 g/mol. The largest absolute Gasteiger partial charge is 0.365 e. The molecule has 1 saturated heterocycles. The lowest BCUT2D eigenvalue weighted by molar-refractivity contribution is -0.128. The Balaban J connectivity index is 1.96. The molecule has 0 amide bonds. The van der Waals surface area contributed by atoms with Crippen LogP contribution in [-0.2, 0) is 9.53 Å². The van der Waals surface area contributed by atoms with Gasteiger partial charge in [-0.1, -0.05) is 30.3 Å². The van der Waals surface area contributed by atoms with E-state index in [0.717, 1.165) is 0 Å². The van der Waals surface area contributed by atoms with Crippen LogP contribution in [0.2, 0.25) is 0 Å². The summed E-state index contributed by atoms with van der Waals surface area (Å²) in [7, 11) is 0. The lowest BCUT2D eigenvalue weighted by atomic mass is 9.99. The summed E-state index contributed by atoms with van der Waals surface area (Å²) < 4.78 is 5.72. The van der Waals surface area contributed by atoms with Gasteiger partial charge in [0.05, 0.1) is 12.2 Å². The molecular formula is C13H12O2. The Morgan fingerprint density at radius 2 is 1.93 bits per heavy atom. The van der Waals surface area contributed by atoms with Crippen LogP contribution in [0.4, 0.5) is 0 Å². The predicted molar refractivity (Wildman–Crippen MR) is 57.3 cm³/mol. The quantitative estimate of drug-likeness (QED) is 0.694. The van der Waals surface area contributed by atoms with Crippen molar-refractivity contribution in [3.05, 3.63) is 42.0 Å². The molecule has 2 heterocycles. The number of fused-ring (bicyclic) bond motifs is 2. The highest BCUT2D eigenvalue weighted by Gasteiger charge is 2.35. The number of carbonyl (C=O) groups excluding carboxylic acids is 1. The van der Waals surface area contributed by atoms with E-state index in [1.165, 1.54) is 11.1 Å². The average Bonchev–Trinajstić information content (AvgIpc) is 2.55. The van der Waals surface area contributed by atoms with E-state index >= 15 is 0 Å². The zero-order valence-electron chi connectivity index (χ0n) is 8.35. The van der Waals surface area contributed by atoms with Crippen molar-refractivity contribution < 1.29 is 9.53 Å². The third-order valence-electron chi connectivity index (χ3n) is 3.00. The van der Waals surface area contributed by atoms with Crippen LogP contribution in [0.1, 0.15) is 18.4 Å². The Labute approximate surface area is 88.6 Å². The molecule has 2 aliphatic heterocycles. The molecule has 2 bridgehead atoms. The minimum Gasteiger partial charge on any atom is -0.365 e. The van der Waals surface area contributed by atoms with Crippen molar-refractivity contribution in [3.63, 3.8) is 0 Å². The third kappa shape index (κ3) is 1.51. The molecule has 15 heavy (non-hydrogen) atoms. The zero-order chi connectivity index (χ0) is 10.3. The van der Waals surface area contributed by atoms with Gasteiger partial charge in [0.2, 0.25) is 0 Å². The number of hydrogen-bond donors (Lipinski definition) is 0. The van der Waals surface area contributed by atoms with Crippen molar-refractivity contribution in [1.82, 2.24) is 0 Å². The van der Waals surface area contributed by atoms with Gasteiger partial charge >= 0.3 is 0 Å². The fraction of sp³-hybridized carbons (Fsp3) is 0.308. The highest BCUT2D eigenvalue weighted by atomic mass is 16.5. The fourth-order valence-electron chi connectivity index (χ4n) is 2.32. The van der Waals surface area contributed by atoms with E-state index in [4.69, 9.17) is 4.74 Å². The van der Waals surface area contributed by atoms with Gasteiger partial charge in [0.15, 0.2) is 0 Å². The van der Waals surface area contributed by atoms with Crippen molar-refractivity contribution in [3.8, 4) is 0 Å². The van der Waals surface area contributed by atoms with Crippen molar-refractivity contribution >= 4 is 11.4 Å². The smallest absolute Gasteiger partial charge is 0.138 e. The summed E-state index contributed by atoms with van der Waals surface area (Å²) in [5.41, 5.74) is 2.37. The summed E-state index contributed by atoms with van der Waals surface area (Å²) in [5, 5.41) is 0. The van der Waals surface area contributed by atoms with E-state index in [9.17, 15) is 4.79 Å². The van der Waals surface area contributed by atoms with Crippen LogP contribution in [0.15, 0.2) is 36.4 Å². The summed E-state index contributed by atoms with van der Waals surface area (Å²) in [4.78, 5) is 11.4. The van der Waals surface area contributed by atoms with Crippen LogP contribution in [0.5, 0.6) is 0 Å². The highest BCUT2D eigenvalue weighted by Crippen LogP contribution is 2.35. The summed E-state index contributed by atoms with van der Waals surface area (Å²) in [6.07, 6.45) is 3.21. The molecule has 1 fully saturated rings. The molecule has 0 radical (unpaired) electrons. The van der Waals surface area contributed by atoms with Gasteiger partial charge in [-0.15, -0.1) is 0 Å². The number of rotatable bonds is 1. The minimum atomic E-state index is -0.00125. The summed E-state index contributed by atoms with van der Waals surface area (Å²) in [6.45, 7) is 0. The predicted octanol–water partition coefficient (Wildman–Crippen LogP) is 2.20. The molecule has 2 nitrogen and oxygen atoms in total. The first-order valence-corrected chi connectivity index (χ1v) is 5.27. The van der Waals surface area contributed by atoms with Crippen LogP contribution >= 0.6 is 0 Å². The molecule has 1 aromatic carbocycles. The number of Topliss-reactive ketones (excluding diaryl/α,β-unsaturated/α-hetero) is 1. The van der Waals surface area contributed by atoms with E-state index in [1.807, 2.05) is 18.2 Å². The first-order valence-electron chi connectivity index (χ1n) is 5.27. The molecule has 3 rings (SSSR count). The van der Waals surface area contributed by atoms with Crippen LogP contribution in [0, 0.1) is 0 Å². The number of benzene rings is 1. The molecular weight excluding hydrogens is 188 g/mol. The third-order valence-corrected chi connectivity index (χ3v) is 3.00. The lowest BCUT2D eigenvalue weighted by Gasteiger charge is -2.21. The molecule has 0 aliphatic carbocycles. The molecule has 0 N–H and O–H groups in total. The SMILES string of the molecule is O=C1CC2C=C(c3ccccc3)C(C1)O2. The van der Waals surface area contributed by atoms with E-state index < -0.39 is 0 Å². The molecule has 0 spiro atoms. The minimum absolute atomic E-state index is 0.00125. The molecule has 2 aliphatic rings. The number of ketones is 1. The maximum absolute atomic E-state index is 11.4. The van der Waals surface area contributed by atoms with Gasteiger partial charge < -0.3 is 4.74 Å². The molecule has 1 aromatic rings. The molecule has 2 heteroatoms. The van der Waals surface area contributed by atoms with Gasteiger partial charge in [-0.25, -0.2) is 0 Å². The van der Waals surface area contributed by atoms with E-state index in [-0.39, 0.29) is 12.2 Å². The Morgan fingerprint density at radius 3 is 2.73 bits per heavy atom. The standard InChI is InChI=1S/C13H12O2/c14-10-6-11-8-12(13(7-10)15-11)9-4-2-1-3-5-9/h1-5,8,11,13H,6-7H2. The van der Waals surface area contributed by atoms with Gasteiger partial charge in [0.25, 0.3) is 0 Å². The van der Waals surface area contributed by atoms with Gasteiger partial charge in [-0.05, 0) is 17.2 Å². The van der Waals surface area contributed by atoms with Crippen molar-refractivity contribution in [2.45, 2.75) is 25.0 Å². The first kappa shape index (κ1) is 8.86. The Bertz CT molecular complexity index is 419. The monoisotopic (exact) mass is 200 g/mol. The molecule has 76 valence electrons.